The lowest BCUT2D eigenvalue weighted by atomic mass is 10.1. The van der Waals surface area contributed by atoms with Crippen molar-refractivity contribution in [1.29, 1.82) is 0 Å². The number of benzene rings is 1. The molecule has 2 N–H and O–H groups in total. The van der Waals surface area contributed by atoms with Gasteiger partial charge in [-0.15, -0.1) is 0 Å². The van der Waals surface area contributed by atoms with Crippen molar-refractivity contribution in [2.75, 3.05) is 5.32 Å². The number of H-pyrrole nitrogens is 1. The van der Waals surface area contributed by atoms with E-state index in [0.717, 1.165) is 22.4 Å². The number of hydrogen-bond donors (Lipinski definition) is 2. The van der Waals surface area contributed by atoms with Gasteiger partial charge in [-0.25, -0.2) is 0 Å². The number of rotatable bonds is 4. The summed E-state index contributed by atoms with van der Waals surface area (Å²) in [5.74, 6) is 0.309. The molecule has 0 fully saturated rings. The Kier molecular flexibility index (Phi) is 4.29. The first-order valence-electron chi connectivity index (χ1n) is 7.23. The summed E-state index contributed by atoms with van der Waals surface area (Å²) in [6, 6.07) is 13.4. The van der Waals surface area contributed by atoms with Crippen LogP contribution in [0.5, 0.6) is 0 Å². The topological polar surface area (TPSA) is 70.7 Å². The van der Waals surface area contributed by atoms with Crippen molar-refractivity contribution >= 4 is 17.8 Å². The highest BCUT2D eigenvalue weighted by Gasteiger charge is 2.11. The fraction of sp³-hybridized carbons (Fsp3) is 0.0556. The summed E-state index contributed by atoms with van der Waals surface area (Å²) in [5.41, 5.74) is 3.71. The smallest absolute Gasteiger partial charge is 0.249 e. The maximum absolute atomic E-state index is 12.0. The molecule has 0 aliphatic heterocycles. The van der Waals surface area contributed by atoms with Gasteiger partial charge in [0.15, 0.2) is 5.82 Å². The van der Waals surface area contributed by atoms with Crippen molar-refractivity contribution in [2.24, 2.45) is 0 Å². The molecule has 1 amide bonds. The fourth-order valence-corrected chi connectivity index (χ4v) is 2.21. The van der Waals surface area contributed by atoms with Crippen LogP contribution in [-0.4, -0.2) is 21.1 Å². The molecule has 3 rings (SSSR count). The van der Waals surface area contributed by atoms with Crippen LogP contribution in [-0.2, 0) is 4.79 Å². The van der Waals surface area contributed by atoms with E-state index in [-0.39, 0.29) is 5.91 Å². The Morgan fingerprint density at radius 1 is 1.13 bits per heavy atom. The van der Waals surface area contributed by atoms with Gasteiger partial charge < -0.3 is 5.32 Å². The average molecular weight is 304 g/mol. The number of aromatic amines is 1. The van der Waals surface area contributed by atoms with E-state index in [2.05, 4.69) is 20.5 Å². The number of hydrogen-bond acceptors (Lipinski definition) is 3. The second kappa shape index (κ2) is 6.70. The molecule has 0 aliphatic rings. The van der Waals surface area contributed by atoms with E-state index in [1.807, 2.05) is 49.4 Å². The maximum Gasteiger partial charge on any atom is 0.249 e. The predicted molar refractivity (Wildman–Crippen MR) is 90.7 cm³/mol. The van der Waals surface area contributed by atoms with Crippen molar-refractivity contribution in [3.63, 3.8) is 0 Å². The van der Waals surface area contributed by atoms with Crippen LogP contribution in [0.1, 0.15) is 11.1 Å². The first-order chi connectivity index (χ1) is 11.2. The molecule has 5 heteroatoms. The van der Waals surface area contributed by atoms with E-state index in [0.29, 0.717) is 5.82 Å². The number of anilines is 1. The van der Waals surface area contributed by atoms with Gasteiger partial charge >= 0.3 is 0 Å². The summed E-state index contributed by atoms with van der Waals surface area (Å²) >= 11 is 0. The van der Waals surface area contributed by atoms with Gasteiger partial charge in [0, 0.05) is 29.6 Å². The molecule has 0 bridgehead atoms. The molecule has 2 heterocycles. The van der Waals surface area contributed by atoms with Gasteiger partial charge in [-0.05, 0) is 30.7 Å². The molecular formula is C18H16N4O. The van der Waals surface area contributed by atoms with Crippen LogP contribution >= 0.6 is 0 Å². The SMILES string of the molecule is Cc1c(NC(=O)C=Cc2ccccc2)n[nH]c1-c1ccncc1. The quantitative estimate of drug-likeness (QED) is 0.725. The van der Waals surface area contributed by atoms with E-state index >= 15 is 0 Å². The van der Waals surface area contributed by atoms with Crippen LogP contribution in [0.15, 0.2) is 60.9 Å². The zero-order valence-corrected chi connectivity index (χ0v) is 12.7. The van der Waals surface area contributed by atoms with Crippen LogP contribution in [0, 0.1) is 6.92 Å². The minimum Gasteiger partial charge on any atom is -0.305 e. The zero-order valence-electron chi connectivity index (χ0n) is 12.7. The Morgan fingerprint density at radius 2 is 1.87 bits per heavy atom. The van der Waals surface area contributed by atoms with Crippen LogP contribution in [0.2, 0.25) is 0 Å². The number of pyridine rings is 1. The molecule has 0 saturated carbocycles. The molecule has 0 unspecified atom stereocenters. The first kappa shape index (κ1) is 14.7. The van der Waals surface area contributed by atoms with Gasteiger partial charge in [0.05, 0.1) is 5.69 Å². The Morgan fingerprint density at radius 3 is 2.61 bits per heavy atom. The Balaban J connectivity index is 1.73. The van der Waals surface area contributed by atoms with Crippen molar-refractivity contribution in [2.45, 2.75) is 6.92 Å². The second-order valence-corrected chi connectivity index (χ2v) is 5.04. The molecular weight excluding hydrogens is 288 g/mol. The molecule has 114 valence electrons. The molecule has 0 spiro atoms. The number of aromatic nitrogens is 3. The van der Waals surface area contributed by atoms with Gasteiger partial charge in [0.1, 0.15) is 0 Å². The van der Waals surface area contributed by atoms with Gasteiger partial charge in [-0.1, -0.05) is 30.3 Å². The largest absolute Gasteiger partial charge is 0.305 e. The lowest BCUT2D eigenvalue weighted by molar-refractivity contribution is -0.111. The van der Waals surface area contributed by atoms with Gasteiger partial charge in [0.2, 0.25) is 5.91 Å². The van der Waals surface area contributed by atoms with Crippen LogP contribution in [0.4, 0.5) is 5.82 Å². The Hall–Kier alpha value is -3.21. The third kappa shape index (κ3) is 3.52. The van der Waals surface area contributed by atoms with E-state index in [9.17, 15) is 4.79 Å². The highest BCUT2D eigenvalue weighted by Crippen LogP contribution is 2.25. The summed E-state index contributed by atoms with van der Waals surface area (Å²) in [6.45, 7) is 1.91. The van der Waals surface area contributed by atoms with Crippen LogP contribution in [0.25, 0.3) is 17.3 Å². The Labute approximate surface area is 134 Å². The van der Waals surface area contributed by atoms with Crippen LogP contribution in [0.3, 0.4) is 0 Å². The average Bonchev–Trinajstić information content (AvgIpc) is 2.95. The zero-order chi connectivity index (χ0) is 16.1. The predicted octanol–water partition coefficient (Wildman–Crippen LogP) is 3.43. The fourth-order valence-electron chi connectivity index (χ4n) is 2.21. The molecule has 0 radical (unpaired) electrons. The van der Waals surface area contributed by atoms with Crippen LogP contribution < -0.4 is 5.32 Å². The van der Waals surface area contributed by atoms with Gasteiger partial charge in [-0.2, -0.15) is 5.10 Å². The molecule has 0 aliphatic carbocycles. The van der Waals surface area contributed by atoms with Crippen molar-refractivity contribution in [3.05, 3.63) is 72.1 Å². The van der Waals surface area contributed by atoms with Gasteiger partial charge in [0.25, 0.3) is 0 Å². The first-order valence-corrected chi connectivity index (χ1v) is 7.23. The van der Waals surface area contributed by atoms with Crippen molar-refractivity contribution in [1.82, 2.24) is 15.2 Å². The Bertz CT molecular complexity index is 823. The van der Waals surface area contributed by atoms with Crippen molar-refractivity contribution in [3.8, 4) is 11.3 Å². The minimum absolute atomic E-state index is 0.218. The number of carbonyl (C=O) groups is 1. The minimum atomic E-state index is -0.218. The van der Waals surface area contributed by atoms with E-state index in [4.69, 9.17) is 0 Å². The van der Waals surface area contributed by atoms with E-state index in [1.54, 1.807) is 18.5 Å². The second-order valence-electron chi connectivity index (χ2n) is 5.04. The van der Waals surface area contributed by atoms with E-state index < -0.39 is 0 Å². The molecule has 0 atom stereocenters. The van der Waals surface area contributed by atoms with E-state index in [1.165, 1.54) is 6.08 Å². The number of carbonyl (C=O) groups excluding carboxylic acids is 1. The number of amides is 1. The summed E-state index contributed by atoms with van der Waals surface area (Å²) in [7, 11) is 0. The molecule has 5 nitrogen and oxygen atoms in total. The third-order valence-corrected chi connectivity index (χ3v) is 3.45. The molecule has 3 aromatic rings. The summed E-state index contributed by atoms with van der Waals surface area (Å²) in [6.07, 6.45) is 6.70. The maximum atomic E-state index is 12.0. The lowest BCUT2D eigenvalue weighted by Gasteiger charge is -2.01. The van der Waals surface area contributed by atoms with Crippen molar-refractivity contribution < 1.29 is 4.79 Å². The summed E-state index contributed by atoms with van der Waals surface area (Å²) in [4.78, 5) is 16.0. The monoisotopic (exact) mass is 304 g/mol. The molecule has 2 aromatic heterocycles. The number of nitrogens with zero attached hydrogens (tertiary/aromatic N) is 2. The normalized spacial score (nSPS) is 10.8. The lowest BCUT2D eigenvalue weighted by Crippen LogP contribution is -2.09. The highest BCUT2D eigenvalue weighted by molar-refractivity contribution is 6.02. The van der Waals surface area contributed by atoms with Gasteiger partial charge in [-0.3, -0.25) is 14.9 Å². The molecule has 0 saturated heterocycles. The molecule has 1 aromatic carbocycles. The standard InChI is InChI=1S/C18H16N4O/c1-13-17(15-9-11-19-12-10-15)21-22-18(13)20-16(23)8-7-14-5-3-2-4-6-14/h2-12H,1H3,(H2,20,21,22,23). The third-order valence-electron chi connectivity index (χ3n) is 3.45. The highest BCUT2D eigenvalue weighted by atomic mass is 16.1. The summed E-state index contributed by atoms with van der Waals surface area (Å²) < 4.78 is 0. The summed E-state index contributed by atoms with van der Waals surface area (Å²) in [5, 5.41) is 9.92. The molecule has 23 heavy (non-hydrogen) atoms. The number of nitrogens with one attached hydrogen (secondary N) is 2.